The van der Waals surface area contributed by atoms with Gasteiger partial charge in [-0.2, -0.15) is 0 Å². The Kier molecular flexibility index (Phi) is 4.20. The molecule has 1 fully saturated rings. The summed E-state index contributed by atoms with van der Waals surface area (Å²) in [5.41, 5.74) is 2.44. The average Bonchev–Trinajstić information content (AvgIpc) is 2.82. The van der Waals surface area contributed by atoms with Crippen molar-refractivity contribution < 1.29 is 4.79 Å². The number of nitrogens with one attached hydrogen (secondary N) is 1. The Hall–Kier alpha value is -0.770. The third-order valence-corrected chi connectivity index (χ3v) is 5.68. The van der Waals surface area contributed by atoms with Crippen LogP contribution < -0.4 is 5.32 Å². The van der Waals surface area contributed by atoms with Crippen LogP contribution in [0.4, 0.5) is 0 Å². The van der Waals surface area contributed by atoms with Gasteiger partial charge in [-0.1, -0.05) is 48.5 Å². The molecule has 4 heteroatoms. The molecule has 2 aliphatic heterocycles. The molecule has 0 bridgehead atoms. The normalized spacial score (nSPS) is 27.1. The van der Waals surface area contributed by atoms with Crippen molar-refractivity contribution in [2.24, 2.45) is 0 Å². The molecule has 0 aromatic heterocycles. The predicted molar refractivity (Wildman–Crippen MR) is 85.4 cm³/mol. The number of halogens is 1. The van der Waals surface area contributed by atoms with Gasteiger partial charge in [0, 0.05) is 22.2 Å². The van der Waals surface area contributed by atoms with Gasteiger partial charge in [-0.3, -0.25) is 4.79 Å². The Morgan fingerprint density at radius 1 is 1.45 bits per heavy atom. The molecule has 1 N–H and O–H groups in total. The lowest BCUT2D eigenvalue weighted by Gasteiger charge is -2.35. The molecule has 20 heavy (non-hydrogen) atoms. The molecule has 2 nitrogen and oxygen atoms in total. The zero-order chi connectivity index (χ0) is 14.1. The molecule has 1 saturated heterocycles. The summed E-state index contributed by atoms with van der Waals surface area (Å²) in [5, 5.41) is 4.98. The highest BCUT2D eigenvalue weighted by Gasteiger charge is 2.38. The van der Waals surface area contributed by atoms with Crippen LogP contribution in [0.15, 0.2) is 35.9 Å². The number of hydrogen-bond acceptors (Lipinski definition) is 3. The summed E-state index contributed by atoms with van der Waals surface area (Å²) in [5.74, 6) is 0.323. The zero-order valence-electron chi connectivity index (χ0n) is 11.4. The van der Waals surface area contributed by atoms with E-state index in [9.17, 15) is 4.79 Å². The zero-order valence-corrected chi connectivity index (χ0v) is 13.0. The second-order valence-electron chi connectivity index (χ2n) is 5.33. The minimum Gasteiger partial charge on any atom is -0.310 e. The van der Waals surface area contributed by atoms with Gasteiger partial charge in [0.25, 0.3) is 0 Å². The minimum absolute atomic E-state index is 0.202. The third kappa shape index (κ3) is 2.54. The number of piperidine rings is 1. The van der Waals surface area contributed by atoms with E-state index in [0.29, 0.717) is 11.2 Å². The van der Waals surface area contributed by atoms with Gasteiger partial charge in [0.1, 0.15) is 0 Å². The maximum atomic E-state index is 11.7. The third-order valence-electron chi connectivity index (χ3n) is 4.19. The van der Waals surface area contributed by atoms with Gasteiger partial charge in [0.15, 0.2) is 0 Å². The van der Waals surface area contributed by atoms with E-state index in [1.807, 2.05) is 24.3 Å². The molecule has 0 saturated carbocycles. The molecule has 3 rings (SSSR count). The van der Waals surface area contributed by atoms with Crippen molar-refractivity contribution in [1.29, 1.82) is 0 Å². The molecule has 0 aliphatic carbocycles. The highest BCUT2D eigenvalue weighted by Crippen LogP contribution is 2.41. The van der Waals surface area contributed by atoms with Crippen LogP contribution in [-0.2, 0) is 4.79 Å². The molecule has 0 radical (unpaired) electrons. The SMILES string of the molecule is CCC(c1ccccc1Cl)C1NCCC2SC(=O)C=C21. The average molecular weight is 308 g/mol. The highest BCUT2D eigenvalue weighted by atomic mass is 35.5. The van der Waals surface area contributed by atoms with Crippen molar-refractivity contribution in [1.82, 2.24) is 5.32 Å². The van der Waals surface area contributed by atoms with Crippen LogP contribution in [0.25, 0.3) is 0 Å². The first-order valence-electron chi connectivity index (χ1n) is 7.10. The Balaban J connectivity index is 1.95. The number of benzene rings is 1. The van der Waals surface area contributed by atoms with Gasteiger partial charge in [-0.05, 0) is 42.7 Å². The van der Waals surface area contributed by atoms with E-state index >= 15 is 0 Å². The van der Waals surface area contributed by atoms with Crippen LogP contribution in [0.2, 0.25) is 5.02 Å². The Bertz CT molecular complexity index is 557. The first-order valence-corrected chi connectivity index (χ1v) is 8.36. The van der Waals surface area contributed by atoms with Crippen LogP contribution in [0.3, 0.4) is 0 Å². The van der Waals surface area contributed by atoms with E-state index in [2.05, 4.69) is 18.3 Å². The first kappa shape index (κ1) is 14.2. The second kappa shape index (κ2) is 5.92. The number of fused-ring (bicyclic) bond motifs is 1. The fraction of sp³-hybridized carbons (Fsp3) is 0.438. The summed E-state index contributed by atoms with van der Waals surface area (Å²) in [6.07, 6.45) is 3.88. The summed E-state index contributed by atoms with van der Waals surface area (Å²) in [4.78, 5) is 11.7. The van der Waals surface area contributed by atoms with Crippen molar-refractivity contribution >= 4 is 28.5 Å². The topological polar surface area (TPSA) is 29.1 Å². The smallest absolute Gasteiger partial charge is 0.212 e. The maximum absolute atomic E-state index is 11.7. The van der Waals surface area contributed by atoms with Crippen molar-refractivity contribution in [2.45, 2.75) is 37.0 Å². The molecular weight excluding hydrogens is 290 g/mol. The molecular formula is C16H18ClNOS. The first-order chi connectivity index (χ1) is 9.70. The molecule has 1 aromatic carbocycles. The monoisotopic (exact) mass is 307 g/mol. The number of carbonyl (C=O) groups is 1. The number of hydrogen-bond donors (Lipinski definition) is 1. The molecule has 0 spiro atoms. The highest BCUT2D eigenvalue weighted by molar-refractivity contribution is 8.15. The van der Waals surface area contributed by atoms with E-state index < -0.39 is 0 Å². The van der Waals surface area contributed by atoms with Crippen molar-refractivity contribution in [3.05, 3.63) is 46.5 Å². The molecule has 3 atom stereocenters. The summed E-state index contributed by atoms with van der Waals surface area (Å²) in [6, 6.07) is 8.28. The van der Waals surface area contributed by atoms with E-state index in [1.165, 1.54) is 22.9 Å². The lowest BCUT2D eigenvalue weighted by Crippen LogP contribution is -2.44. The minimum atomic E-state index is 0.202. The van der Waals surface area contributed by atoms with E-state index in [-0.39, 0.29) is 11.2 Å². The van der Waals surface area contributed by atoms with Crippen LogP contribution in [-0.4, -0.2) is 23.0 Å². The fourth-order valence-corrected chi connectivity index (χ4v) is 4.61. The molecule has 2 heterocycles. The lowest BCUT2D eigenvalue weighted by atomic mass is 9.81. The Morgan fingerprint density at radius 2 is 2.25 bits per heavy atom. The quantitative estimate of drug-likeness (QED) is 0.922. The van der Waals surface area contributed by atoms with Crippen LogP contribution >= 0.6 is 23.4 Å². The van der Waals surface area contributed by atoms with Crippen molar-refractivity contribution in [3.63, 3.8) is 0 Å². The van der Waals surface area contributed by atoms with Gasteiger partial charge in [0.2, 0.25) is 5.12 Å². The van der Waals surface area contributed by atoms with Gasteiger partial charge < -0.3 is 5.32 Å². The Labute approximate surface area is 129 Å². The van der Waals surface area contributed by atoms with Crippen LogP contribution in [0.5, 0.6) is 0 Å². The molecule has 106 valence electrons. The van der Waals surface area contributed by atoms with Crippen LogP contribution in [0.1, 0.15) is 31.2 Å². The number of rotatable bonds is 3. The van der Waals surface area contributed by atoms with Crippen molar-refractivity contribution in [3.8, 4) is 0 Å². The summed E-state index contributed by atoms with van der Waals surface area (Å²) in [7, 11) is 0. The van der Waals surface area contributed by atoms with Gasteiger partial charge in [0.05, 0.1) is 0 Å². The fourth-order valence-electron chi connectivity index (χ4n) is 3.26. The van der Waals surface area contributed by atoms with E-state index in [1.54, 1.807) is 0 Å². The van der Waals surface area contributed by atoms with E-state index in [0.717, 1.165) is 24.4 Å². The maximum Gasteiger partial charge on any atom is 0.212 e. The molecule has 1 aromatic rings. The van der Waals surface area contributed by atoms with Gasteiger partial charge >= 0.3 is 0 Å². The van der Waals surface area contributed by atoms with E-state index in [4.69, 9.17) is 11.6 Å². The predicted octanol–water partition coefficient (Wildman–Crippen LogP) is 3.76. The lowest BCUT2D eigenvalue weighted by molar-refractivity contribution is -0.106. The Morgan fingerprint density at radius 3 is 3.00 bits per heavy atom. The molecule has 0 amide bonds. The number of carbonyl (C=O) groups excluding carboxylic acids is 1. The summed E-state index contributed by atoms with van der Waals surface area (Å²) in [6.45, 7) is 3.15. The van der Waals surface area contributed by atoms with Gasteiger partial charge in [-0.15, -0.1) is 0 Å². The van der Waals surface area contributed by atoms with Crippen molar-refractivity contribution in [2.75, 3.05) is 6.54 Å². The summed E-state index contributed by atoms with van der Waals surface area (Å²) >= 11 is 7.85. The summed E-state index contributed by atoms with van der Waals surface area (Å²) < 4.78 is 0. The molecule has 2 aliphatic rings. The standard InChI is InChI=1S/C16H18ClNOS/c1-2-10(11-5-3-4-6-13(11)17)16-12-9-15(19)20-14(12)7-8-18-16/h3-6,9-10,14,16,18H,2,7-8H2,1H3. The second-order valence-corrected chi connectivity index (χ2v) is 6.94. The largest absolute Gasteiger partial charge is 0.310 e. The van der Waals surface area contributed by atoms with Crippen LogP contribution in [0, 0.1) is 0 Å². The number of thioether (sulfide) groups is 1. The van der Waals surface area contributed by atoms with Gasteiger partial charge in [-0.25, -0.2) is 0 Å². The molecule has 3 unspecified atom stereocenters.